The van der Waals surface area contributed by atoms with Gasteiger partial charge >= 0.3 is 0 Å². The van der Waals surface area contributed by atoms with Crippen LogP contribution in [0.25, 0.3) is 75.1 Å². The normalized spacial score (nSPS) is 11.7. The Morgan fingerprint density at radius 2 is 1.02 bits per heavy atom. The molecule has 2 nitrogen and oxygen atoms in total. The van der Waals surface area contributed by atoms with Crippen molar-refractivity contribution in [2.24, 2.45) is 0 Å². The number of hydrogen-bond acceptors (Lipinski definition) is 3. The zero-order valence-corrected chi connectivity index (χ0v) is 27.3. The van der Waals surface area contributed by atoms with E-state index in [1.54, 1.807) is 0 Å². The molecular weight excluding hydrogens is 615 g/mol. The second kappa shape index (κ2) is 11.2. The van der Waals surface area contributed by atoms with Gasteiger partial charge < -0.3 is 9.32 Å². The molecule has 0 aliphatic carbocycles. The molecule has 3 heteroatoms. The number of para-hydroxylation sites is 2. The number of thiophene rings is 1. The summed E-state index contributed by atoms with van der Waals surface area (Å²) in [5.41, 5.74) is 9.79. The molecule has 8 aromatic carbocycles. The Hall–Kier alpha value is -6.16. The minimum atomic E-state index is 0.875. The van der Waals surface area contributed by atoms with Crippen molar-refractivity contribution >= 4 is 81.3 Å². The minimum absolute atomic E-state index is 0.875. The van der Waals surface area contributed by atoms with E-state index in [1.807, 2.05) is 23.5 Å². The van der Waals surface area contributed by atoms with Gasteiger partial charge in [-0.05, 0) is 76.0 Å². The lowest BCUT2D eigenvalue weighted by molar-refractivity contribution is 0.669. The summed E-state index contributed by atoms with van der Waals surface area (Å²) in [6.45, 7) is 0. The zero-order valence-electron chi connectivity index (χ0n) is 26.5. The first-order valence-electron chi connectivity index (χ1n) is 16.6. The van der Waals surface area contributed by atoms with E-state index in [9.17, 15) is 0 Å². The number of benzene rings is 8. The van der Waals surface area contributed by atoms with Crippen LogP contribution in [0.1, 0.15) is 0 Å². The lowest BCUT2D eigenvalue weighted by Gasteiger charge is -2.28. The highest BCUT2D eigenvalue weighted by Crippen LogP contribution is 2.45. The Morgan fingerprint density at radius 1 is 0.388 bits per heavy atom. The van der Waals surface area contributed by atoms with Gasteiger partial charge in [0.25, 0.3) is 0 Å². The maximum absolute atomic E-state index is 6.40. The predicted molar refractivity (Wildman–Crippen MR) is 210 cm³/mol. The van der Waals surface area contributed by atoms with Gasteiger partial charge in [0.1, 0.15) is 11.2 Å². The van der Waals surface area contributed by atoms with Gasteiger partial charge in [-0.15, -0.1) is 11.3 Å². The Kier molecular flexibility index (Phi) is 6.39. The van der Waals surface area contributed by atoms with Crippen molar-refractivity contribution in [1.82, 2.24) is 0 Å². The Labute approximate surface area is 287 Å². The molecule has 0 atom stereocenters. The highest BCUT2D eigenvalue weighted by molar-refractivity contribution is 7.25. The number of fused-ring (bicyclic) bond motifs is 7. The maximum Gasteiger partial charge on any atom is 0.137 e. The maximum atomic E-state index is 6.40. The van der Waals surface area contributed by atoms with Gasteiger partial charge in [0.05, 0.1) is 5.69 Å². The van der Waals surface area contributed by atoms with E-state index in [1.165, 1.54) is 53.2 Å². The highest BCUT2D eigenvalue weighted by Gasteiger charge is 2.20. The van der Waals surface area contributed by atoms with Crippen LogP contribution in [-0.4, -0.2) is 0 Å². The van der Waals surface area contributed by atoms with Crippen molar-refractivity contribution < 1.29 is 4.42 Å². The second-order valence-electron chi connectivity index (χ2n) is 12.5. The van der Waals surface area contributed by atoms with E-state index in [0.29, 0.717) is 0 Å². The molecule has 2 aromatic heterocycles. The smallest absolute Gasteiger partial charge is 0.137 e. The number of rotatable bonds is 5. The Balaban J connectivity index is 1.15. The van der Waals surface area contributed by atoms with Crippen molar-refractivity contribution in [1.29, 1.82) is 0 Å². The fraction of sp³-hybridized carbons (Fsp3) is 0. The van der Waals surface area contributed by atoms with Crippen molar-refractivity contribution in [3.8, 4) is 22.3 Å². The molecule has 0 aliphatic rings. The fourth-order valence-electron chi connectivity index (χ4n) is 7.35. The molecule has 49 heavy (non-hydrogen) atoms. The summed E-state index contributed by atoms with van der Waals surface area (Å²) in [7, 11) is 0. The van der Waals surface area contributed by atoms with E-state index in [2.05, 4.69) is 169 Å². The topological polar surface area (TPSA) is 16.4 Å². The number of furan rings is 1. The second-order valence-corrected chi connectivity index (χ2v) is 13.6. The van der Waals surface area contributed by atoms with Crippen LogP contribution in [0.4, 0.5) is 17.1 Å². The molecule has 0 saturated carbocycles. The van der Waals surface area contributed by atoms with E-state index < -0.39 is 0 Å². The van der Waals surface area contributed by atoms with Crippen LogP contribution >= 0.6 is 11.3 Å². The Morgan fingerprint density at radius 3 is 1.94 bits per heavy atom. The third-order valence-electron chi connectivity index (χ3n) is 9.68. The van der Waals surface area contributed by atoms with Crippen LogP contribution in [0.15, 0.2) is 180 Å². The van der Waals surface area contributed by atoms with Crippen molar-refractivity contribution in [2.75, 3.05) is 4.90 Å². The van der Waals surface area contributed by atoms with Gasteiger partial charge in [-0.2, -0.15) is 0 Å². The first kappa shape index (κ1) is 27.9. The fourth-order valence-corrected chi connectivity index (χ4v) is 8.50. The van der Waals surface area contributed by atoms with Gasteiger partial charge in [-0.1, -0.05) is 121 Å². The SMILES string of the molecule is c1ccc(N(c2ccc(-c3cccc4ccccc34)cc2)c2ccc3c(c2)oc2ccccc23)c(-c2ccc3c(c2)sc2ccccc23)c1. The van der Waals surface area contributed by atoms with Crippen LogP contribution in [0, 0.1) is 0 Å². The molecule has 0 amide bonds. The molecule has 0 fully saturated rings. The summed E-state index contributed by atoms with van der Waals surface area (Å²) in [5, 5.41) is 7.37. The molecule has 0 radical (unpaired) electrons. The summed E-state index contributed by atoms with van der Waals surface area (Å²) in [6.07, 6.45) is 0. The number of nitrogens with zero attached hydrogens (tertiary/aromatic N) is 1. The molecule has 0 saturated heterocycles. The predicted octanol–water partition coefficient (Wildman–Crippen LogP) is 13.9. The summed E-state index contributed by atoms with van der Waals surface area (Å²) in [6, 6.07) is 63.3. The van der Waals surface area contributed by atoms with Crippen molar-refractivity contribution in [3.05, 3.63) is 176 Å². The summed E-state index contributed by atoms with van der Waals surface area (Å²) < 4.78 is 9.01. The van der Waals surface area contributed by atoms with Crippen LogP contribution in [0.5, 0.6) is 0 Å². The van der Waals surface area contributed by atoms with Crippen LogP contribution in [-0.2, 0) is 0 Å². The molecule has 230 valence electrons. The lowest BCUT2D eigenvalue weighted by atomic mass is 9.97. The minimum Gasteiger partial charge on any atom is -0.456 e. The molecular formula is C46H29NOS. The monoisotopic (exact) mass is 643 g/mol. The van der Waals surface area contributed by atoms with Gasteiger partial charge in [0.15, 0.2) is 0 Å². The molecule has 2 heterocycles. The van der Waals surface area contributed by atoms with Gasteiger partial charge in [-0.25, -0.2) is 0 Å². The molecule has 0 unspecified atom stereocenters. The molecule has 0 N–H and O–H groups in total. The first-order valence-corrected chi connectivity index (χ1v) is 17.4. The summed E-state index contributed by atoms with van der Waals surface area (Å²) >= 11 is 1.86. The number of hydrogen-bond donors (Lipinski definition) is 0. The quantitative estimate of drug-likeness (QED) is 0.186. The summed E-state index contributed by atoms with van der Waals surface area (Å²) in [4.78, 5) is 2.37. The third-order valence-corrected chi connectivity index (χ3v) is 10.8. The molecule has 0 bridgehead atoms. The standard InChI is InChI=1S/C46H29NOS/c1-2-12-35-30(10-1)11-9-16-36(35)31-20-23-33(24-21-31)47(34-25-27-39-38-14-4-7-18-43(38)48-44(39)29-34)42-17-6-3-13-37(42)32-22-26-41-40-15-5-8-19-45(40)49-46(41)28-32/h1-29H. The summed E-state index contributed by atoms with van der Waals surface area (Å²) in [5.74, 6) is 0. The third kappa shape index (κ3) is 4.62. The largest absolute Gasteiger partial charge is 0.456 e. The highest BCUT2D eigenvalue weighted by atomic mass is 32.1. The average molecular weight is 644 g/mol. The van der Waals surface area contributed by atoms with Crippen molar-refractivity contribution in [3.63, 3.8) is 0 Å². The Bertz CT molecular complexity index is 2840. The van der Waals surface area contributed by atoms with Crippen LogP contribution in [0.2, 0.25) is 0 Å². The molecule has 10 rings (SSSR count). The molecule has 0 spiro atoms. The van der Waals surface area contributed by atoms with Gasteiger partial charge in [-0.3, -0.25) is 0 Å². The molecule has 10 aromatic rings. The van der Waals surface area contributed by atoms with Gasteiger partial charge in [0.2, 0.25) is 0 Å². The average Bonchev–Trinajstić information content (AvgIpc) is 3.73. The van der Waals surface area contributed by atoms with Crippen LogP contribution in [0.3, 0.4) is 0 Å². The van der Waals surface area contributed by atoms with E-state index in [-0.39, 0.29) is 0 Å². The first-order chi connectivity index (χ1) is 24.3. The molecule has 0 aliphatic heterocycles. The van der Waals surface area contributed by atoms with E-state index in [4.69, 9.17) is 4.42 Å². The lowest BCUT2D eigenvalue weighted by Crippen LogP contribution is -2.11. The van der Waals surface area contributed by atoms with E-state index in [0.717, 1.165) is 39.0 Å². The van der Waals surface area contributed by atoms with Crippen molar-refractivity contribution in [2.45, 2.75) is 0 Å². The van der Waals surface area contributed by atoms with Gasteiger partial charge in [0, 0.05) is 53.9 Å². The zero-order chi connectivity index (χ0) is 32.3. The van der Waals surface area contributed by atoms with Crippen LogP contribution < -0.4 is 4.90 Å². The number of anilines is 3. The van der Waals surface area contributed by atoms with E-state index >= 15 is 0 Å².